The smallest absolute Gasteiger partial charge is 0.308 e. The van der Waals surface area contributed by atoms with Crippen LogP contribution in [0, 0.1) is 17.7 Å². The predicted octanol–water partition coefficient (Wildman–Crippen LogP) is 5.49. The van der Waals surface area contributed by atoms with E-state index in [0.29, 0.717) is 35.7 Å². The van der Waals surface area contributed by atoms with Gasteiger partial charge in [0.25, 0.3) is 0 Å². The molecule has 0 unspecified atom stereocenters. The number of hydrogen-bond donors (Lipinski definition) is 0. The standard InChI is InChI=1S/C33H46FN3O8S/c1-20(2)29-27(30(23-10-12-24(34)13-11-23)36-33(35-29)37(7)46(8,40)41)15-14-25(44-31(38)21(3)4)18-26(45-32(39)22(5)6)19-28-42-16-9-17-43-28/h10-15,20-22,25-26,28H,9,16-19H2,1-8H3/b15-14+/t25-,26-/m1/s1. The average Bonchev–Trinajstić information content (AvgIpc) is 2.99. The number of sulfonamides is 1. The Balaban J connectivity index is 2.12. The minimum absolute atomic E-state index is 0.0430. The molecule has 1 aromatic carbocycles. The molecule has 11 nitrogen and oxygen atoms in total. The van der Waals surface area contributed by atoms with Gasteiger partial charge in [-0.25, -0.2) is 27.1 Å². The first-order valence-electron chi connectivity index (χ1n) is 15.5. The summed E-state index contributed by atoms with van der Waals surface area (Å²) in [6, 6.07) is 5.67. The van der Waals surface area contributed by atoms with Crippen molar-refractivity contribution in [1.82, 2.24) is 9.97 Å². The number of halogens is 1. The Morgan fingerprint density at radius 2 is 1.59 bits per heavy atom. The molecule has 0 saturated carbocycles. The van der Waals surface area contributed by atoms with Crippen molar-refractivity contribution in [3.63, 3.8) is 0 Å². The van der Waals surface area contributed by atoms with Crippen LogP contribution in [0.25, 0.3) is 17.3 Å². The first-order chi connectivity index (χ1) is 21.6. The highest BCUT2D eigenvalue weighted by Gasteiger charge is 2.29. The van der Waals surface area contributed by atoms with Gasteiger partial charge in [-0.2, -0.15) is 0 Å². The van der Waals surface area contributed by atoms with Crippen molar-refractivity contribution in [2.75, 3.05) is 30.8 Å². The van der Waals surface area contributed by atoms with Crippen molar-refractivity contribution in [3.8, 4) is 11.3 Å². The topological polar surface area (TPSA) is 134 Å². The van der Waals surface area contributed by atoms with Crippen molar-refractivity contribution in [3.05, 3.63) is 47.4 Å². The van der Waals surface area contributed by atoms with E-state index in [2.05, 4.69) is 9.97 Å². The molecular formula is C33H46FN3O8S. The fraction of sp³-hybridized carbons (Fsp3) is 0.576. The summed E-state index contributed by atoms with van der Waals surface area (Å²) in [5, 5.41) is 0. The number of nitrogens with zero attached hydrogens (tertiary/aromatic N) is 3. The van der Waals surface area contributed by atoms with Crippen LogP contribution < -0.4 is 4.31 Å². The number of ether oxygens (including phenoxy) is 4. The van der Waals surface area contributed by atoms with Crippen molar-refractivity contribution in [2.45, 2.75) is 85.2 Å². The highest BCUT2D eigenvalue weighted by atomic mass is 32.2. The van der Waals surface area contributed by atoms with E-state index in [0.717, 1.165) is 17.0 Å². The van der Waals surface area contributed by atoms with Gasteiger partial charge in [0.1, 0.15) is 18.0 Å². The molecule has 1 aromatic heterocycles. The molecule has 1 saturated heterocycles. The molecule has 0 aliphatic carbocycles. The SMILES string of the molecule is CC(C)C(=O)O[C@@H](CC1OCCCO1)C[C@@H](/C=C/c1c(-c2ccc(F)cc2)nc(N(C)S(C)(=O)=O)nc1C(C)C)OC(=O)C(C)C. The lowest BCUT2D eigenvalue weighted by atomic mass is 9.97. The highest BCUT2D eigenvalue weighted by molar-refractivity contribution is 7.92. The van der Waals surface area contributed by atoms with Crippen molar-refractivity contribution >= 4 is 34.0 Å². The molecule has 254 valence electrons. The van der Waals surface area contributed by atoms with Gasteiger partial charge in [0.15, 0.2) is 6.29 Å². The van der Waals surface area contributed by atoms with Crippen LogP contribution in [0.3, 0.4) is 0 Å². The van der Waals surface area contributed by atoms with Gasteiger partial charge in [0.2, 0.25) is 16.0 Å². The normalized spacial score (nSPS) is 15.8. The zero-order valence-electron chi connectivity index (χ0n) is 27.9. The molecule has 0 amide bonds. The summed E-state index contributed by atoms with van der Waals surface area (Å²) in [7, 11) is -2.34. The number of carbonyl (C=O) groups excluding carboxylic acids is 2. The van der Waals surface area contributed by atoms with Crippen LogP contribution in [-0.2, 0) is 38.6 Å². The Morgan fingerprint density at radius 1 is 1.00 bits per heavy atom. The average molecular weight is 664 g/mol. The second-order valence-electron chi connectivity index (χ2n) is 12.3. The van der Waals surface area contributed by atoms with Crippen LogP contribution in [-0.4, -0.2) is 75.3 Å². The summed E-state index contributed by atoms with van der Waals surface area (Å²) in [5.41, 5.74) is 1.95. The Labute approximate surface area is 271 Å². The Kier molecular flexibility index (Phi) is 13.2. The van der Waals surface area contributed by atoms with E-state index in [-0.39, 0.29) is 30.6 Å². The van der Waals surface area contributed by atoms with E-state index in [1.165, 1.54) is 19.2 Å². The summed E-state index contributed by atoms with van der Waals surface area (Å²) in [4.78, 5) is 34.7. The van der Waals surface area contributed by atoms with Crippen molar-refractivity contribution in [2.24, 2.45) is 11.8 Å². The lowest BCUT2D eigenvalue weighted by Crippen LogP contribution is -2.34. The molecule has 2 atom stereocenters. The van der Waals surface area contributed by atoms with Crippen LogP contribution in [0.4, 0.5) is 10.3 Å². The maximum atomic E-state index is 13.9. The summed E-state index contributed by atoms with van der Waals surface area (Å²) in [5.74, 6) is -2.33. The molecule has 1 aliphatic rings. The summed E-state index contributed by atoms with van der Waals surface area (Å²) in [6.07, 6.45) is 3.46. The molecule has 46 heavy (non-hydrogen) atoms. The Hall–Kier alpha value is -3.42. The van der Waals surface area contributed by atoms with Gasteiger partial charge in [-0.15, -0.1) is 0 Å². The second kappa shape index (κ2) is 16.4. The van der Waals surface area contributed by atoms with Crippen LogP contribution >= 0.6 is 0 Å². The molecule has 1 aliphatic heterocycles. The van der Waals surface area contributed by atoms with Gasteiger partial charge >= 0.3 is 11.9 Å². The fourth-order valence-corrected chi connectivity index (χ4v) is 4.87. The monoisotopic (exact) mass is 663 g/mol. The van der Waals surface area contributed by atoms with Crippen LogP contribution in [0.1, 0.15) is 78.0 Å². The second-order valence-corrected chi connectivity index (χ2v) is 14.3. The predicted molar refractivity (Wildman–Crippen MR) is 173 cm³/mol. The maximum Gasteiger partial charge on any atom is 0.308 e. The quantitative estimate of drug-likeness (QED) is 0.239. The van der Waals surface area contributed by atoms with Crippen molar-refractivity contribution in [1.29, 1.82) is 0 Å². The summed E-state index contributed by atoms with van der Waals surface area (Å²) in [6.45, 7) is 11.8. The Bertz CT molecular complexity index is 1470. The summed E-state index contributed by atoms with van der Waals surface area (Å²) >= 11 is 0. The molecule has 1 fully saturated rings. The number of benzene rings is 1. The highest BCUT2D eigenvalue weighted by Crippen LogP contribution is 2.32. The number of esters is 2. The van der Waals surface area contributed by atoms with Crippen molar-refractivity contribution < 1.29 is 41.3 Å². The number of carbonyl (C=O) groups is 2. The first kappa shape index (κ1) is 37.0. The lowest BCUT2D eigenvalue weighted by Gasteiger charge is -2.29. The number of anilines is 1. The largest absolute Gasteiger partial charge is 0.462 e. The zero-order valence-corrected chi connectivity index (χ0v) is 28.7. The number of rotatable bonds is 14. The van der Waals surface area contributed by atoms with E-state index in [4.69, 9.17) is 18.9 Å². The molecule has 0 N–H and O–H groups in total. The fourth-order valence-electron chi connectivity index (χ4n) is 4.49. The lowest BCUT2D eigenvalue weighted by molar-refractivity contribution is -0.198. The molecule has 0 bridgehead atoms. The molecule has 2 heterocycles. The van der Waals surface area contributed by atoms with Crippen LogP contribution in [0.15, 0.2) is 30.3 Å². The molecule has 0 radical (unpaired) electrons. The van der Waals surface area contributed by atoms with E-state index in [1.807, 2.05) is 13.8 Å². The molecule has 0 spiro atoms. The third kappa shape index (κ3) is 10.6. The van der Waals surface area contributed by atoms with Gasteiger partial charge in [-0.1, -0.05) is 47.6 Å². The van der Waals surface area contributed by atoms with E-state index >= 15 is 0 Å². The van der Waals surface area contributed by atoms with E-state index < -0.39 is 52.2 Å². The Morgan fingerprint density at radius 3 is 2.13 bits per heavy atom. The third-order valence-electron chi connectivity index (χ3n) is 7.22. The van der Waals surface area contributed by atoms with Gasteiger partial charge < -0.3 is 18.9 Å². The van der Waals surface area contributed by atoms with Gasteiger partial charge in [0.05, 0.1) is 42.7 Å². The zero-order chi connectivity index (χ0) is 34.2. The van der Waals surface area contributed by atoms with Gasteiger partial charge in [-0.05, 0) is 42.7 Å². The van der Waals surface area contributed by atoms with Crippen LogP contribution in [0.2, 0.25) is 0 Å². The molecular weight excluding hydrogens is 617 g/mol. The van der Waals surface area contributed by atoms with Gasteiger partial charge in [0, 0.05) is 31.0 Å². The first-order valence-corrected chi connectivity index (χ1v) is 17.4. The maximum absolute atomic E-state index is 13.9. The minimum Gasteiger partial charge on any atom is -0.462 e. The number of aromatic nitrogens is 2. The van der Waals surface area contributed by atoms with E-state index in [9.17, 15) is 22.4 Å². The molecule has 13 heteroatoms. The molecule has 3 rings (SSSR count). The summed E-state index contributed by atoms with van der Waals surface area (Å²) < 4.78 is 62.9. The van der Waals surface area contributed by atoms with Crippen LogP contribution in [0.5, 0.6) is 0 Å². The van der Waals surface area contributed by atoms with Gasteiger partial charge in [-0.3, -0.25) is 9.59 Å². The third-order valence-corrected chi connectivity index (χ3v) is 8.38. The molecule has 2 aromatic rings. The minimum atomic E-state index is -3.70. The van der Waals surface area contributed by atoms with E-state index in [1.54, 1.807) is 52.0 Å². The number of hydrogen-bond acceptors (Lipinski definition) is 10.